The first-order chi connectivity index (χ1) is 8.04. The third kappa shape index (κ3) is 4.61. The lowest BCUT2D eigenvalue weighted by Gasteiger charge is -2.35. The second-order valence-electron chi connectivity index (χ2n) is 4.97. The SMILES string of the molecule is COCC(N)C(=O)NC1CCN(C(C)C)CC1. The zero-order valence-corrected chi connectivity index (χ0v) is 11.1. The van der Waals surface area contributed by atoms with Crippen molar-refractivity contribution in [1.29, 1.82) is 0 Å². The Morgan fingerprint density at radius 3 is 2.53 bits per heavy atom. The highest BCUT2D eigenvalue weighted by molar-refractivity contribution is 5.81. The molecule has 0 saturated carbocycles. The van der Waals surface area contributed by atoms with Gasteiger partial charge in [-0.05, 0) is 26.7 Å². The number of methoxy groups -OCH3 is 1. The molecule has 1 heterocycles. The standard InChI is InChI=1S/C12H25N3O2/c1-9(2)15-6-4-10(5-7-15)14-12(16)11(13)8-17-3/h9-11H,4-8,13H2,1-3H3,(H,14,16). The molecule has 1 fully saturated rings. The molecule has 0 radical (unpaired) electrons. The summed E-state index contributed by atoms with van der Waals surface area (Å²) in [6, 6.07) is 0.297. The minimum atomic E-state index is -0.553. The van der Waals surface area contributed by atoms with E-state index in [1.165, 1.54) is 0 Å². The Bertz CT molecular complexity index is 238. The molecule has 1 aliphatic heterocycles. The molecule has 0 spiro atoms. The molecule has 17 heavy (non-hydrogen) atoms. The lowest BCUT2D eigenvalue weighted by atomic mass is 10.0. The highest BCUT2D eigenvalue weighted by atomic mass is 16.5. The Hall–Kier alpha value is -0.650. The van der Waals surface area contributed by atoms with E-state index < -0.39 is 6.04 Å². The van der Waals surface area contributed by atoms with Crippen LogP contribution in [0.4, 0.5) is 0 Å². The van der Waals surface area contributed by atoms with E-state index in [1.807, 2.05) is 0 Å². The average molecular weight is 243 g/mol. The summed E-state index contributed by atoms with van der Waals surface area (Å²) in [5.41, 5.74) is 5.67. The summed E-state index contributed by atoms with van der Waals surface area (Å²) in [6.45, 7) is 6.77. The highest BCUT2D eigenvalue weighted by Crippen LogP contribution is 2.12. The van der Waals surface area contributed by atoms with Crippen molar-refractivity contribution in [2.24, 2.45) is 5.73 Å². The number of likely N-dealkylation sites (tertiary alicyclic amines) is 1. The van der Waals surface area contributed by atoms with Gasteiger partial charge in [-0.2, -0.15) is 0 Å². The van der Waals surface area contributed by atoms with Crippen LogP contribution in [-0.4, -0.2) is 55.7 Å². The molecule has 5 nitrogen and oxygen atoms in total. The van der Waals surface area contributed by atoms with Gasteiger partial charge in [-0.15, -0.1) is 0 Å². The summed E-state index contributed by atoms with van der Waals surface area (Å²) in [4.78, 5) is 14.1. The minimum Gasteiger partial charge on any atom is -0.383 e. The molecule has 0 aromatic heterocycles. The van der Waals surface area contributed by atoms with Gasteiger partial charge in [0.15, 0.2) is 0 Å². The van der Waals surface area contributed by atoms with Gasteiger partial charge in [-0.1, -0.05) is 0 Å². The number of hydrogen-bond donors (Lipinski definition) is 2. The van der Waals surface area contributed by atoms with Crippen LogP contribution >= 0.6 is 0 Å². The summed E-state index contributed by atoms with van der Waals surface area (Å²) in [5.74, 6) is -0.102. The van der Waals surface area contributed by atoms with Crippen LogP contribution in [-0.2, 0) is 9.53 Å². The van der Waals surface area contributed by atoms with Crippen LogP contribution in [0.2, 0.25) is 0 Å². The number of nitrogens with one attached hydrogen (secondary N) is 1. The van der Waals surface area contributed by atoms with Crippen LogP contribution in [0.5, 0.6) is 0 Å². The zero-order valence-electron chi connectivity index (χ0n) is 11.1. The molecule has 1 saturated heterocycles. The lowest BCUT2D eigenvalue weighted by molar-refractivity contribution is -0.124. The Labute approximate surface area is 104 Å². The van der Waals surface area contributed by atoms with Crippen molar-refractivity contribution in [1.82, 2.24) is 10.2 Å². The van der Waals surface area contributed by atoms with Gasteiger partial charge >= 0.3 is 0 Å². The molecule has 0 aromatic rings. The van der Waals surface area contributed by atoms with Crippen molar-refractivity contribution in [2.45, 2.75) is 44.8 Å². The Balaban J connectivity index is 2.28. The Kier molecular flexibility index (Phi) is 5.88. The monoisotopic (exact) mass is 243 g/mol. The summed E-state index contributed by atoms with van der Waals surface area (Å²) >= 11 is 0. The molecule has 0 bridgehead atoms. The third-order valence-corrected chi connectivity index (χ3v) is 3.29. The van der Waals surface area contributed by atoms with Crippen molar-refractivity contribution < 1.29 is 9.53 Å². The fourth-order valence-electron chi connectivity index (χ4n) is 2.12. The number of carbonyl (C=O) groups is 1. The number of ether oxygens (including phenoxy) is 1. The minimum absolute atomic E-state index is 0.102. The van der Waals surface area contributed by atoms with E-state index in [-0.39, 0.29) is 18.6 Å². The van der Waals surface area contributed by atoms with Crippen molar-refractivity contribution >= 4 is 5.91 Å². The predicted molar refractivity (Wildman–Crippen MR) is 67.7 cm³/mol. The molecule has 5 heteroatoms. The molecule has 100 valence electrons. The smallest absolute Gasteiger partial charge is 0.239 e. The average Bonchev–Trinajstić information content (AvgIpc) is 2.30. The first kappa shape index (κ1) is 14.4. The summed E-state index contributed by atoms with van der Waals surface area (Å²) < 4.78 is 4.87. The second-order valence-corrected chi connectivity index (χ2v) is 4.97. The number of carbonyl (C=O) groups excluding carboxylic acids is 1. The molecular formula is C12H25N3O2. The normalized spacial score (nSPS) is 20.5. The van der Waals surface area contributed by atoms with Gasteiger partial charge in [0.2, 0.25) is 5.91 Å². The molecule has 1 unspecified atom stereocenters. The van der Waals surface area contributed by atoms with Crippen LogP contribution in [0.1, 0.15) is 26.7 Å². The van der Waals surface area contributed by atoms with Gasteiger partial charge in [0.05, 0.1) is 6.61 Å². The van der Waals surface area contributed by atoms with Gasteiger partial charge in [-0.25, -0.2) is 0 Å². The van der Waals surface area contributed by atoms with Crippen LogP contribution in [0.15, 0.2) is 0 Å². The predicted octanol–water partition coefficient (Wildman–Crippen LogP) is -0.0509. The van der Waals surface area contributed by atoms with E-state index in [0.717, 1.165) is 25.9 Å². The topological polar surface area (TPSA) is 67.6 Å². The lowest BCUT2D eigenvalue weighted by Crippen LogP contribution is -2.51. The molecule has 1 amide bonds. The van der Waals surface area contributed by atoms with E-state index in [2.05, 4.69) is 24.1 Å². The van der Waals surface area contributed by atoms with Gasteiger partial charge in [0.1, 0.15) is 6.04 Å². The van der Waals surface area contributed by atoms with E-state index in [9.17, 15) is 4.79 Å². The molecule has 0 aromatic carbocycles. The Morgan fingerprint density at radius 1 is 1.47 bits per heavy atom. The first-order valence-corrected chi connectivity index (χ1v) is 6.33. The van der Waals surface area contributed by atoms with E-state index in [0.29, 0.717) is 6.04 Å². The van der Waals surface area contributed by atoms with Crippen molar-refractivity contribution in [2.75, 3.05) is 26.8 Å². The molecule has 3 N–H and O–H groups in total. The number of amides is 1. The Morgan fingerprint density at radius 2 is 2.06 bits per heavy atom. The van der Waals surface area contributed by atoms with Gasteiger partial charge in [-0.3, -0.25) is 4.79 Å². The number of rotatable bonds is 5. The molecule has 0 aliphatic carbocycles. The maximum Gasteiger partial charge on any atom is 0.239 e. The van der Waals surface area contributed by atoms with Crippen LogP contribution in [0, 0.1) is 0 Å². The van der Waals surface area contributed by atoms with Crippen LogP contribution in [0.25, 0.3) is 0 Å². The molecule has 1 rings (SSSR count). The number of hydrogen-bond acceptors (Lipinski definition) is 4. The fourth-order valence-corrected chi connectivity index (χ4v) is 2.12. The van der Waals surface area contributed by atoms with Crippen molar-refractivity contribution in [3.05, 3.63) is 0 Å². The number of nitrogens with two attached hydrogens (primary N) is 1. The van der Waals surface area contributed by atoms with Crippen LogP contribution in [0.3, 0.4) is 0 Å². The van der Waals surface area contributed by atoms with Gasteiger partial charge < -0.3 is 20.7 Å². The molecule has 1 aliphatic rings. The van der Waals surface area contributed by atoms with E-state index >= 15 is 0 Å². The maximum atomic E-state index is 11.7. The highest BCUT2D eigenvalue weighted by Gasteiger charge is 2.23. The first-order valence-electron chi connectivity index (χ1n) is 6.33. The zero-order chi connectivity index (χ0) is 12.8. The van der Waals surface area contributed by atoms with Crippen molar-refractivity contribution in [3.8, 4) is 0 Å². The largest absolute Gasteiger partial charge is 0.383 e. The van der Waals surface area contributed by atoms with Gasteiger partial charge in [0, 0.05) is 32.3 Å². The van der Waals surface area contributed by atoms with Gasteiger partial charge in [0.25, 0.3) is 0 Å². The quantitative estimate of drug-likeness (QED) is 0.710. The summed E-state index contributed by atoms with van der Waals surface area (Å²) in [7, 11) is 1.55. The van der Waals surface area contributed by atoms with E-state index in [4.69, 9.17) is 10.5 Å². The number of nitrogens with zero attached hydrogens (tertiary/aromatic N) is 1. The summed E-state index contributed by atoms with van der Waals surface area (Å²) in [5, 5.41) is 2.99. The maximum absolute atomic E-state index is 11.7. The molecule has 1 atom stereocenters. The fraction of sp³-hybridized carbons (Fsp3) is 0.917. The number of piperidine rings is 1. The third-order valence-electron chi connectivity index (χ3n) is 3.29. The van der Waals surface area contributed by atoms with E-state index in [1.54, 1.807) is 7.11 Å². The summed E-state index contributed by atoms with van der Waals surface area (Å²) in [6.07, 6.45) is 2.01. The van der Waals surface area contributed by atoms with Crippen LogP contribution < -0.4 is 11.1 Å². The van der Waals surface area contributed by atoms with Crippen molar-refractivity contribution in [3.63, 3.8) is 0 Å². The molecular weight excluding hydrogens is 218 g/mol. The second kappa shape index (κ2) is 6.93.